The Hall–Kier alpha value is -1.52. The minimum atomic E-state index is -4.72. The van der Waals surface area contributed by atoms with Crippen molar-refractivity contribution in [3.05, 3.63) is 0 Å². The second kappa shape index (κ2) is 28.9. The largest absolute Gasteiger partial charge is 0.480 e. The van der Waals surface area contributed by atoms with Crippen LogP contribution in [0, 0.1) is 0 Å². The molecule has 3 unspecified atom stereocenters. The Bertz CT molecular complexity index is 782. The van der Waals surface area contributed by atoms with E-state index in [0.717, 1.165) is 38.5 Å². The number of carboxylic acid groups (broad SMARTS) is 1. The summed E-state index contributed by atoms with van der Waals surface area (Å²) in [6.45, 7) is 2.40. The molecule has 0 spiro atoms. The highest BCUT2D eigenvalue weighted by atomic mass is 31.2. The van der Waals surface area contributed by atoms with Gasteiger partial charge in [-0.2, -0.15) is 0 Å². The molecule has 0 rings (SSSR count). The highest BCUT2D eigenvalue weighted by Gasteiger charge is 2.28. The number of rotatable bonds is 32. The van der Waals surface area contributed by atoms with Gasteiger partial charge in [0.05, 0.1) is 13.2 Å². The van der Waals surface area contributed by atoms with Crippen molar-refractivity contribution in [1.82, 2.24) is 5.32 Å². The highest BCUT2D eigenvalue weighted by Crippen LogP contribution is 2.43. The summed E-state index contributed by atoms with van der Waals surface area (Å²) in [6, 6.07) is -1.53. The Balaban J connectivity index is 3.84. The predicted molar refractivity (Wildman–Crippen MR) is 171 cm³/mol. The second-order valence-corrected chi connectivity index (χ2v) is 13.2. The van der Waals surface area contributed by atoms with Crippen LogP contribution < -0.4 is 5.32 Å². The number of aliphatic hydroxyl groups excluding tert-OH is 1. The van der Waals surface area contributed by atoms with Gasteiger partial charge in [-0.15, -0.1) is 0 Å². The average molecular weight is 652 g/mol. The number of carbonyl (C=O) groups excluding carboxylic acids is 2. The van der Waals surface area contributed by atoms with Gasteiger partial charge in [0.15, 0.2) is 6.04 Å². The molecule has 0 aliphatic heterocycles. The Morgan fingerprint density at radius 2 is 1.05 bits per heavy atom. The van der Waals surface area contributed by atoms with Crippen molar-refractivity contribution < 1.29 is 47.8 Å². The molecule has 11 nitrogen and oxygen atoms in total. The first kappa shape index (κ1) is 42.5. The molecule has 0 aromatic carbocycles. The zero-order chi connectivity index (χ0) is 32.9. The molecule has 1 amide bonds. The summed E-state index contributed by atoms with van der Waals surface area (Å²) in [5.74, 6) is -2.39. The van der Waals surface area contributed by atoms with Crippen molar-refractivity contribution in [3.8, 4) is 0 Å². The second-order valence-electron chi connectivity index (χ2n) is 11.7. The summed E-state index contributed by atoms with van der Waals surface area (Å²) in [6.07, 6.45) is 22.3. The van der Waals surface area contributed by atoms with Crippen LogP contribution in [0.1, 0.15) is 155 Å². The van der Waals surface area contributed by atoms with E-state index < -0.39 is 57.6 Å². The topological polar surface area (TPSA) is 169 Å². The Morgan fingerprint density at radius 1 is 0.636 bits per heavy atom. The van der Waals surface area contributed by atoms with Crippen LogP contribution in [-0.2, 0) is 32.7 Å². The van der Waals surface area contributed by atoms with E-state index in [1.54, 1.807) is 0 Å². The monoisotopic (exact) mass is 651 g/mol. The molecule has 0 bridgehead atoms. The van der Waals surface area contributed by atoms with E-state index in [1.165, 1.54) is 77.0 Å². The number of unbranched alkanes of at least 4 members (excludes halogenated alkanes) is 18. The van der Waals surface area contributed by atoms with E-state index in [1.807, 2.05) is 6.92 Å². The Kier molecular flexibility index (Phi) is 27.9. The van der Waals surface area contributed by atoms with Crippen LogP contribution in [0.4, 0.5) is 0 Å². The lowest BCUT2D eigenvalue weighted by atomic mass is 10.0. The summed E-state index contributed by atoms with van der Waals surface area (Å²) in [5.41, 5.74) is 0. The summed E-state index contributed by atoms with van der Waals surface area (Å²) in [5, 5.41) is 21.5. The number of carbonyl (C=O) groups is 3. The fraction of sp³-hybridized carbons (Fsp3) is 0.906. The lowest BCUT2D eigenvalue weighted by Crippen LogP contribution is -2.43. The van der Waals surface area contributed by atoms with Crippen LogP contribution >= 0.6 is 7.82 Å². The zero-order valence-corrected chi connectivity index (χ0v) is 28.4. The number of nitrogens with one attached hydrogen (secondary N) is 1. The van der Waals surface area contributed by atoms with Crippen molar-refractivity contribution >= 4 is 25.7 Å². The van der Waals surface area contributed by atoms with E-state index in [0.29, 0.717) is 12.8 Å². The third-order valence-electron chi connectivity index (χ3n) is 7.40. The molecule has 260 valence electrons. The van der Waals surface area contributed by atoms with Gasteiger partial charge in [-0.3, -0.25) is 18.6 Å². The molecule has 12 heteroatoms. The zero-order valence-electron chi connectivity index (χ0n) is 27.5. The van der Waals surface area contributed by atoms with Crippen molar-refractivity contribution in [2.45, 2.75) is 167 Å². The van der Waals surface area contributed by atoms with Gasteiger partial charge >= 0.3 is 19.8 Å². The Morgan fingerprint density at radius 3 is 1.52 bits per heavy atom. The smallest absolute Gasteiger partial charge is 0.472 e. The van der Waals surface area contributed by atoms with E-state index in [9.17, 15) is 34.1 Å². The lowest BCUT2D eigenvalue weighted by Gasteiger charge is -2.18. The number of amides is 1. The maximum absolute atomic E-state index is 12.1. The maximum Gasteiger partial charge on any atom is 0.472 e. The van der Waals surface area contributed by atoms with Gasteiger partial charge in [0.1, 0.15) is 12.7 Å². The van der Waals surface area contributed by atoms with Crippen molar-refractivity contribution in [1.29, 1.82) is 0 Å². The number of ether oxygens (including phenoxy) is 1. The number of esters is 1. The quantitative estimate of drug-likeness (QED) is 0.0331. The molecule has 0 aromatic heterocycles. The van der Waals surface area contributed by atoms with E-state index >= 15 is 0 Å². The first-order valence-corrected chi connectivity index (χ1v) is 18.6. The van der Waals surface area contributed by atoms with E-state index in [4.69, 9.17) is 4.74 Å². The number of aliphatic hydroxyl groups is 1. The average Bonchev–Trinajstić information content (AvgIpc) is 2.99. The normalized spacial score (nSPS) is 14.1. The fourth-order valence-electron chi connectivity index (χ4n) is 4.67. The third kappa shape index (κ3) is 28.0. The summed E-state index contributed by atoms with van der Waals surface area (Å²) >= 11 is 0. The molecular weight excluding hydrogens is 589 g/mol. The standard InChI is InChI=1S/C32H62NO10P/c1-3-5-7-9-10-11-12-13-14-15-16-17-18-19-20-22-24-31(36)41-25-28(34)26-42-44(39,40)43-27-29(32(37)38)33-30(35)23-21-8-6-4-2/h28-29,34H,3-27H2,1-2H3,(H,33,35)(H,37,38)(H,39,40). The van der Waals surface area contributed by atoms with Crippen LogP contribution in [0.25, 0.3) is 0 Å². The van der Waals surface area contributed by atoms with Gasteiger partial charge < -0.3 is 25.2 Å². The number of carboxylic acids is 1. The number of hydrogen-bond acceptors (Lipinski definition) is 8. The molecule has 4 N–H and O–H groups in total. The van der Waals surface area contributed by atoms with Gasteiger partial charge in [0.25, 0.3) is 0 Å². The minimum absolute atomic E-state index is 0.140. The first-order chi connectivity index (χ1) is 21.1. The van der Waals surface area contributed by atoms with E-state index in [2.05, 4.69) is 21.3 Å². The van der Waals surface area contributed by atoms with Gasteiger partial charge in [0, 0.05) is 12.8 Å². The molecular formula is C32H62NO10P. The molecule has 44 heavy (non-hydrogen) atoms. The first-order valence-electron chi connectivity index (χ1n) is 17.1. The van der Waals surface area contributed by atoms with Crippen LogP contribution in [0.5, 0.6) is 0 Å². The number of aliphatic carboxylic acids is 1. The molecule has 0 radical (unpaired) electrons. The molecule has 0 saturated carbocycles. The van der Waals surface area contributed by atoms with Crippen molar-refractivity contribution in [2.75, 3.05) is 19.8 Å². The summed E-state index contributed by atoms with van der Waals surface area (Å²) in [7, 11) is -4.72. The molecule has 0 saturated heterocycles. The highest BCUT2D eigenvalue weighted by molar-refractivity contribution is 7.47. The fourth-order valence-corrected chi connectivity index (χ4v) is 5.44. The van der Waals surface area contributed by atoms with Gasteiger partial charge in [-0.1, -0.05) is 129 Å². The number of phosphoric acid groups is 1. The molecule has 0 aliphatic rings. The predicted octanol–water partition coefficient (Wildman–Crippen LogP) is 7.22. The molecule has 0 fully saturated rings. The summed E-state index contributed by atoms with van der Waals surface area (Å²) in [4.78, 5) is 45.0. The third-order valence-corrected chi connectivity index (χ3v) is 8.35. The maximum atomic E-state index is 12.1. The molecule has 0 aliphatic carbocycles. The summed E-state index contributed by atoms with van der Waals surface area (Å²) < 4.78 is 26.5. The minimum Gasteiger partial charge on any atom is -0.480 e. The number of phosphoric ester groups is 1. The number of hydrogen-bond donors (Lipinski definition) is 4. The Labute approximate surface area is 265 Å². The lowest BCUT2D eigenvalue weighted by molar-refractivity contribution is -0.147. The van der Waals surface area contributed by atoms with Crippen LogP contribution in [0.3, 0.4) is 0 Å². The van der Waals surface area contributed by atoms with E-state index in [-0.39, 0.29) is 12.8 Å². The van der Waals surface area contributed by atoms with Crippen LogP contribution in [0.15, 0.2) is 0 Å². The van der Waals surface area contributed by atoms with Crippen molar-refractivity contribution in [3.63, 3.8) is 0 Å². The SMILES string of the molecule is CCCCCCCCCCCCCCCCCCC(=O)OCC(O)COP(=O)(O)OCC(NC(=O)CCCCCC)C(=O)O. The van der Waals surface area contributed by atoms with Crippen LogP contribution in [-0.4, -0.2) is 64.9 Å². The van der Waals surface area contributed by atoms with Gasteiger partial charge in [-0.05, 0) is 12.8 Å². The molecule has 0 aromatic rings. The van der Waals surface area contributed by atoms with Gasteiger partial charge in [-0.25, -0.2) is 9.36 Å². The van der Waals surface area contributed by atoms with Crippen molar-refractivity contribution in [2.24, 2.45) is 0 Å². The molecule has 3 atom stereocenters. The molecule has 0 heterocycles. The van der Waals surface area contributed by atoms with Gasteiger partial charge in [0.2, 0.25) is 5.91 Å². The van der Waals surface area contributed by atoms with Crippen LogP contribution in [0.2, 0.25) is 0 Å².